The molecule has 0 fully saturated rings. The molecule has 0 aliphatic carbocycles. The van der Waals surface area contributed by atoms with Crippen LogP contribution < -0.4 is 10.5 Å². The first-order chi connectivity index (χ1) is 17.9. The van der Waals surface area contributed by atoms with Gasteiger partial charge in [-0.1, -0.05) is 41.6 Å². The Bertz CT molecular complexity index is 1600. The molecule has 1 aromatic heterocycles. The Morgan fingerprint density at radius 1 is 1.11 bits per heavy atom. The number of nitrogens with two attached hydrogens (primary N) is 1. The van der Waals surface area contributed by atoms with Gasteiger partial charge in [0.25, 0.3) is 0 Å². The molecule has 38 heavy (non-hydrogen) atoms. The normalized spacial score (nSPS) is 13.4. The van der Waals surface area contributed by atoms with E-state index in [2.05, 4.69) is 19.7 Å². The number of amidine groups is 1. The van der Waals surface area contributed by atoms with Gasteiger partial charge in [0.15, 0.2) is 5.84 Å². The first-order valence-electron chi connectivity index (χ1n) is 11.1. The Morgan fingerprint density at radius 3 is 2.53 bits per heavy atom. The molecule has 0 aliphatic heterocycles. The first-order valence-corrected chi connectivity index (χ1v) is 13.4. The number of aromatic nitrogens is 1. The second-order valence-corrected chi connectivity index (χ2v) is 11.0. The summed E-state index contributed by atoms with van der Waals surface area (Å²) in [4.78, 5) is 20.0. The molecule has 4 rings (SSSR count). The molecule has 3 aromatic carbocycles. The molecule has 8 nitrogen and oxygen atoms in total. The van der Waals surface area contributed by atoms with Crippen molar-refractivity contribution in [3.8, 4) is 0 Å². The molecule has 4 aromatic rings. The zero-order valence-corrected chi connectivity index (χ0v) is 21.4. The van der Waals surface area contributed by atoms with E-state index in [1.54, 1.807) is 42.5 Å². The maximum Gasteiger partial charge on any atom is 0.416 e. The van der Waals surface area contributed by atoms with Crippen LogP contribution in [0.4, 0.5) is 13.2 Å². The lowest BCUT2D eigenvalue weighted by Gasteiger charge is -2.17. The van der Waals surface area contributed by atoms with Crippen molar-refractivity contribution in [1.82, 2.24) is 9.71 Å². The summed E-state index contributed by atoms with van der Waals surface area (Å²) >= 11 is 1.09. The third-order valence-electron chi connectivity index (χ3n) is 5.32. The zero-order valence-electron chi connectivity index (χ0n) is 19.8. The van der Waals surface area contributed by atoms with E-state index < -0.39 is 33.8 Å². The Labute approximate surface area is 220 Å². The van der Waals surface area contributed by atoms with Gasteiger partial charge in [0.1, 0.15) is 5.01 Å². The number of nitrogens with one attached hydrogen (secondary N) is 1. The highest BCUT2D eigenvalue weighted by molar-refractivity contribution is 7.89. The van der Waals surface area contributed by atoms with Crippen molar-refractivity contribution in [1.29, 1.82) is 0 Å². The highest BCUT2D eigenvalue weighted by Gasteiger charge is 2.31. The fourth-order valence-corrected chi connectivity index (χ4v) is 5.86. The largest absolute Gasteiger partial charge is 0.416 e. The minimum absolute atomic E-state index is 0.0250. The van der Waals surface area contributed by atoms with Crippen molar-refractivity contribution in [2.45, 2.75) is 30.5 Å². The average Bonchev–Trinajstić information content (AvgIpc) is 3.30. The lowest BCUT2D eigenvalue weighted by Crippen LogP contribution is -2.30. The van der Waals surface area contributed by atoms with Gasteiger partial charge in [-0.05, 0) is 48.4 Å². The number of benzene rings is 3. The van der Waals surface area contributed by atoms with Gasteiger partial charge in [-0.2, -0.15) is 13.2 Å². The van der Waals surface area contributed by atoms with Crippen molar-refractivity contribution < 1.29 is 31.2 Å². The molecule has 0 saturated heterocycles. The standard InChI is InChI=1S/C25H21F3N4O4S2/c1-15(33)36-31-23(29)17-7-5-6-16(12-17)13-21(32-38(34,35)19-8-3-2-4-9-19)24-30-20-14-18(25(26,27)28)10-11-22(20)37-24/h2-12,14,21,32H,13H2,1H3,(H2,29,31). The quantitative estimate of drug-likeness (QED) is 0.138. The van der Waals surface area contributed by atoms with Crippen molar-refractivity contribution >= 4 is 43.4 Å². The fraction of sp³-hybridized carbons (Fsp3) is 0.160. The highest BCUT2D eigenvalue weighted by atomic mass is 32.2. The smallest absolute Gasteiger partial charge is 0.380 e. The average molecular weight is 563 g/mol. The van der Waals surface area contributed by atoms with E-state index in [9.17, 15) is 26.4 Å². The van der Waals surface area contributed by atoms with E-state index >= 15 is 0 Å². The topological polar surface area (TPSA) is 124 Å². The summed E-state index contributed by atoms with van der Waals surface area (Å²) in [5, 5.41) is 3.84. The summed E-state index contributed by atoms with van der Waals surface area (Å²) < 4.78 is 69.1. The Morgan fingerprint density at radius 2 is 1.84 bits per heavy atom. The molecule has 0 spiro atoms. The minimum atomic E-state index is -4.54. The van der Waals surface area contributed by atoms with Crippen molar-refractivity contribution in [2.24, 2.45) is 10.9 Å². The summed E-state index contributed by atoms with van der Waals surface area (Å²) in [6.45, 7) is 1.17. The van der Waals surface area contributed by atoms with Crippen LogP contribution in [0.25, 0.3) is 10.2 Å². The Kier molecular flexibility index (Phi) is 7.81. The number of sulfonamides is 1. The molecule has 13 heteroatoms. The fourth-order valence-electron chi connectivity index (χ4n) is 3.56. The van der Waals surface area contributed by atoms with Crippen LogP contribution in [0.1, 0.15) is 34.7 Å². The lowest BCUT2D eigenvalue weighted by atomic mass is 10.0. The van der Waals surface area contributed by atoms with Gasteiger partial charge >= 0.3 is 12.1 Å². The van der Waals surface area contributed by atoms with Gasteiger partial charge in [0.05, 0.1) is 26.7 Å². The number of hydrogen-bond acceptors (Lipinski definition) is 7. The molecule has 0 amide bonds. The second-order valence-electron chi connectivity index (χ2n) is 8.18. The van der Waals surface area contributed by atoms with Crippen molar-refractivity contribution in [3.63, 3.8) is 0 Å². The third kappa shape index (κ3) is 6.54. The van der Waals surface area contributed by atoms with Gasteiger partial charge in [-0.15, -0.1) is 11.3 Å². The summed E-state index contributed by atoms with van der Waals surface area (Å²) in [6, 6.07) is 16.6. The molecule has 1 unspecified atom stereocenters. The van der Waals surface area contributed by atoms with Crippen LogP contribution in [0.2, 0.25) is 0 Å². The predicted octanol–water partition coefficient (Wildman–Crippen LogP) is 4.76. The summed E-state index contributed by atoms with van der Waals surface area (Å²) in [7, 11) is -4.01. The monoisotopic (exact) mass is 562 g/mol. The van der Waals surface area contributed by atoms with E-state index in [4.69, 9.17) is 5.73 Å². The molecular formula is C25H21F3N4O4S2. The van der Waals surface area contributed by atoms with Crippen LogP contribution >= 0.6 is 11.3 Å². The number of carbonyl (C=O) groups is 1. The van der Waals surface area contributed by atoms with E-state index in [0.29, 0.717) is 15.8 Å². The number of hydrogen-bond donors (Lipinski definition) is 2. The zero-order chi connectivity index (χ0) is 27.5. The molecular weight excluding hydrogens is 541 g/mol. The lowest BCUT2D eigenvalue weighted by molar-refractivity contribution is -0.141. The second kappa shape index (κ2) is 10.9. The van der Waals surface area contributed by atoms with Gasteiger partial charge in [0, 0.05) is 12.5 Å². The number of nitrogens with zero attached hydrogens (tertiary/aromatic N) is 2. The number of fused-ring (bicyclic) bond motifs is 1. The summed E-state index contributed by atoms with van der Waals surface area (Å²) in [5.41, 5.74) is 6.20. The summed E-state index contributed by atoms with van der Waals surface area (Å²) in [5.74, 6) is -0.716. The van der Waals surface area contributed by atoms with Crippen LogP contribution in [0, 0.1) is 0 Å². The van der Waals surface area contributed by atoms with E-state index in [0.717, 1.165) is 23.5 Å². The Balaban J connectivity index is 1.72. The number of oxime groups is 1. The van der Waals surface area contributed by atoms with Crippen LogP contribution in [-0.2, 0) is 32.3 Å². The number of thiazole rings is 1. The maximum atomic E-state index is 13.2. The van der Waals surface area contributed by atoms with Crippen LogP contribution in [0.15, 0.2) is 82.8 Å². The number of halogens is 3. The summed E-state index contributed by atoms with van der Waals surface area (Å²) in [6.07, 6.45) is -4.45. The highest BCUT2D eigenvalue weighted by Crippen LogP contribution is 2.35. The van der Waals surface area contributed by atoms with E-state index in [1.807, 2.05) is 0 Å². The van der Waals surface area contributed by atoms with Crippen LogP contribution in [-0.4, -0.2) is 25.2 Å². The molecule has 3 N–H and O–H groups in total. The molecule has 1 heterocycles. The van der Waals surface area contributed by atoms with Gasteiger partial charge < -0.3 is 10.6 Å². The Hall–Kier alpha value is -3.81. The minimum Gasteiger partial charge on any atom is -0.380 e. The van der Waals surface area contributed by atoms with Gasteiger partial charge in [-0.25, -0.2) is 22.9 Å². The molecule has 0 saturated carbocycles. The predicted molar refractivity (Wildman–Crippen MR) is 137 cm³/mol. The number of carbonyl (C=O) groups excluding carboxylic acids is 1. The molecule has 0 aliphatic rings. The van der Waals surface area contributed by atoms with Crippen molar-refractivity contribution in [3.05, 3.63) is 94.5 Å². The van der Waals surface area contributed by atoms with E-state index in [-0.39, 0.29) is 27.7 Å². The SMILES string of the molecule is CC(=O)ON=C(N)c1cccc(CC(NS(=O)(=O)c2ccccc2)c2nc3cc(C(F)(F)F)ccc3s2)c1. The molecule has 1 atom stereocenters. The molecule has 198 valence electrons. The van der Waals surface area contributed by atoms with Gasteiger partial charge in [-0.3, -0.25) is 0 Å². The van der Waals surface area contributed by atoms with Crippen LogP contribution in [0.3, 0.4) is 0 Å². The van der Waals surface area contributed by atoms with E-state index in [1.165, 1.54) is 25.1 Å². The number of alkyl halides is 3. The van der Waals surface area contributed by atoms with Gasteiger partial charge in [0.2, 0.25) is 10.0 Å². The third-order valence-corrected chi connectivity index (χ3v) is 7.95. The van der Waals surface area contributed by atoms with Crippen LogP contribution in [0.5, 0.6) is 0 Å². The maximum absolute atomic E-state index is 13.2. The molecule has 0 radical (unpaired) electrons. The van der Waals surface area contributed by atoms with Crippen molar-refractivity contribution in [2.75, 3.05) is 0 Å². The first kappa shape index (κ1) is 27.2. The molecule has 0 bridgehead atoms. The number of rotatable bonds is 8.